The molecular formula is C8H12N2O3S. The fraction of sp³-hybridized carbons (Fsp3) is 0.625. The van der Waals surface area contributed by atoms with Gasteiger partial charge in [-0.25, -0.2) is 0 Å². The number of hydrogen-bond acceptors (Lipinski definition) is 4. The highest BCUT2D eigenvalue weighted by atomic mass is 32.2. The van der Waals surface area contributed by atoms with E-state index in [1.807, 2.05) is 6.07 Å². The van der Waals surface area contributed by atoms with Crippen LogP contribution in [0.25, 0.3) is 0 Å². The first-order chi connectivity index (χ1) is 6.57. The average Bonchev–Trinajstić information content (AvgIpc) is 2.13. The highest BCUT2D eigenvalue weighted by Crippen LogP contribution is 2.01. The van der Waals surface area contributed by atoms with Crippen LogP contribution in [0.15, 0.2) is 0 Å². The molecule has 0 unspecified atom stereocenters. The number of rotatable bonds is 6. The molecule has 0 aromatic heterocycles. The third-order valence-electron chi connectivity index (χ3n) is 1.44. The van der Waals surface area contributed by atoms with E-state index in [0.717, 1.165) is 11.8 Å². The largest absolute Gasteiger partial charge is 0.481 e. The standard InChI is InChI=1S/C8H12N2O3S/c1-10(4-2-3-9)7(11)5-14-6-8(12)13/h2,4-6H2,1H3,(H,12,13). The molecule has 78 valence electrons. The van der Waals surface area contributed by atoms with Gasteiger partial charge in [0.15, 0.2) is 0 Å². The van der Waals surface area contributed by atoms with Crippen molar-refractivity contribution in [2.24, 2.45) is 0 Å². The molecule has 0 aromatic carbocycles. The van der Waals surface area contributed by atoms with Gasteiger partial charge in [0, 0.05) is 13.6 Å². The smallest absolute Gasteiger partial charge is 0.313 e. The first-order valence-electron chi connectivity index (χ1n) is 3.98. The SMILES string of the molecule is CN(CCC#N)C(=O)CSCC(=O)O. The van der Waals surface area contributed by atoms with E-state index in [0.29, 0.717) is 13.0 Å². The molecular weight excluding hydrogens is 204 g/mol. The van der Waals surface area contributed by atoms with E-state index in [1.165, 1.54) is 4.90 Å². The van der Waals surface area contributed by atoms with Gasteiger partial charge in [-0.1, -0.05) is 0 Å². The zero-order valence-electron chi connectivity index (χ0n) is 7.89. The van der Waals surface area contributed by atoms with Crippen LogP contribution in [0.2, 0.25) is 0 Å². The van der Waals surface area contributed by atoms with Crippen molar-refractivity contribution in [3.8, 4) is 6.07 Å². The van der Waals surface area contributed by atoms with Gasteiger partial charge in [-0.2, -0.15) is 5.26 Å². The molecule has 0 aliphatic rings. The highest BCUT2D eigenvalue weighted by Gasteiger charge is 2.08. The van der Waals surface area contributed by atoms with Crippen molar-refractivity contribution >= 4 is 23.6 Å². The number of carbonyl (C=O) groups is 2. The van der Waals surface area contributed by atoms with Gasteiger partial charge in [-0.05, 0) is 0 Å². The predicted octanol–water partition coefficient (Wildman–Crippen LogP) is 0.176. The maximum absolute atomic E-state index is 11.2. The number of thioether (sulfide) groups is 1. The molecule has 0 saturated heterocycles. The summed E-state index contributed by atoms with van der Waals surface area (Å²) in [6.07, 6.45) is 0.297. The van der Waals surface area contributed by atoms with Gasteiger partial charge in [-0.3, -0.25) is 9.59 Å². The summed E-state index contributed by atoms with van der Waals surface area (Å²) in [5.41, 5.74) is 0. The molecule has 0 atom stereocenters. The van der Waals surface area contributed by atoms with E-state index < -0.39 is 5.97 Å². The molecule has 0 aliphatic heterocycles. The molecule has 0 spiro atoms. The van der Waals surface area contributed by atoms with Crippen LogP contribution in [-0.4, -0.2) is 47.0 Å². The van der Waals surface area contributed by atoms with Crippen LogP contribution in [0.1, 0.15) is 6.42 Å². The summed E-state index contributed by atoms with van der Waals surface area (Å²) in [5.74, 6) is -1.000. The molecule has 1 amide bonds. The first-order valence-corrected chi connectivity index (χ1v) is 5.14. The summed E-state index contributed by atoms with van der Waals surface area (Å²) < 4.78 is 0. The van der Waals surface area contributed by atoms with Crippen molar-refractivity contribution < 1.29 is 14.7 Å². The number of aliphatic carboxylic acids is 1. The predicted molar refractivity (Wildman–Crippen MR) is 52.8 cm³/mol. The fourth-order valence-electron chi connectivity index (χ4n) is 0.678. The van der Waals surface area contributed by atoms with Crippen LogP contribution in [0.3, 0.4) is 0 Å². The lowest BCUT2D eigenvalue weighted by Crippen LogP contribution is -2.29. The molecule has 0 radical (unpaired) electrons. The minimum Gasteiger partial charge on any atom is -0.481 e. The number of hydrogen-bond donors (Lipinski definition) is 1. The lowest BCUT2D eigenvalue weighted by atomic mass is 10.4. The zero-order chi connectivity index (χ0) is 11.0. The maximum atomic E-state index is 11.2. The van der Waals surface area contributed by atoms with E-state index in [-0.39, 0.29) is 17.4 Å². The third-order valence-corrected chi connectivity index (χ3v) is 2.34. The molecule has 0 saturated carbocycles. The van der Waals surface area contributed by atoms with Crippen LogP contribution >= 0.6 is 11.8 Å². The Hall–Kier alpha value is -1.22. The van der Waals surface area contributed by atoms with Crippen molar-refractivity contribution in [1.29, 1.82) is 5.26 Å². The Morgan fingerprint density at radius 2 is 2.14 bits per heavy atom. The maximum Gasteiger partial charge on any atom is 0.313 e. The van der Waals surface area contributed by atoms with Crippen LogP contribution in [0, 0.1) is 11.3 Å². The topological polar surface area (TPSA) is 81.4 Å². The highest BCUT2D eigenvalue weighted by molar-refractivity contribution is 8.00. The molecule has 0 aromatic rings. The Morgan fingerprint density at radius 3 is 2.64 bits per heavy atom. The van der Waals surface area contributed by atoms with E-state index in [2.05, 4.69) is 0 Å². The summed E-state index contributed by atoms with van der Waals surface area (Å²) in [6.45, 7) is 0.392. The molecule has 0 bridgehead atoms. The van der Waals surface area contributed by atoms with Gasteiger partial charge in [0.1, 0.15) is 0 Å². The number of amides is 1. The Labute approximate surface area is 86.7 Å². The van der Waals surface area contributed by atoms with Crippen LogP contribution in [0.4, 0.5) is 0 Å². The number of carbonyl (C=O) groups excluding carboxylic acids is 1. The van der Waals surface area contributed by atoms with Crippen LogP contribution in [-0.2, 0) is 9.59 Å². The molecule has 0 fully saturated rings. The minimum atomic E-state index is -0.928. The Kier molecular flexibility index (Phi) is 6.58. The van der Waals surface area contributed by atoms with Crippen molar-refractivity contribution in [2.45, 2.75) is 6.42 Å². The Morgan fingerprint density at radius 1 is 1.50 bits per heavy atom. The normalized spacial score (nSPS) is 9.14. The summed E-state index contributed by atoms with van der Waals surface area (Å²) in [4.78, 5) is 22.8. The van der Waals surface area contributed by atoms with E-state index in [9.17, 15) is 9.59 Å². The minimum absolute atomic E-state index is 0.0716. The van der Waals surface area contributed by atoms with Gasteiger partial charge in [0.2, 0.25) is 5.91 Å². The number of carboxylic acids is 1. The van der Waals surface area contributed by atoms with Gasteiger partial charge >= 0.3 is 5.97 Å². The van der Waals surface area contributed by atoms with E-state index >= 15 is 0 Å². The van der Waals surface area contributed by atoms with Gasteiger partial charge < -0.3 is 10.0 Å². The van der Waals surface area contributed by atoms with Gasteiger partial charge in [-0.15, -0.1) is 11.8 Å². The van der Waals surface area contributed by atoms with Crippen molar-refractivity contribution in [1.82, 2.24) is 4.90 Å². The quantitative estimate of drug-likeness (QED) is 0.684. The first kappa shape index (κ1) is 12.8. The summed E-state index contributed by atoms with van der Waals surface area (Å²) in [7, 11) is 1.60. The third kappa shape index (κ3) is 6.31. The van der Waals surface area contributed by atoms with Crippen molar-refractivity contribution in [3.05, 3.63) is 0 Å². The number of carboxylic acid groups (broad SMARTS) is 1. The van der Waals surface area contributed by atoms with Crippen molar-refractivity contribution in [2.75, 3.05) is 25.1 Å². The van der Waals surface area contributed by atoms with Crippen molar-refractivity contribution in [3.63, 3.8) is 0 Å². The lowest BCUT2D eigenvalue weighted by molar-refractivity contribution is -0.133. The monoisotopic (exact) mass is 216 g/mol. The molecule has 0 aliphatic carbocycles. The molecule has 5 nitrogen and oxygen atoms in total. The zero-order valence-corrected chi connectivity index (χ0v) is 8.71. The van der Waals surface area contributed by atoms with E-state index in [4.69, 9.17) is 10.4 Å². The molecule has 6 heteroatoms. The second-order valence-electron chi connectivity index (χ2n) is 2.61. The van der Waals surface area contributed by atoms with E-state index in [1.54, 1.807) is 7.05 Å². The Balaban J connectivity index is 3.63. The molecule has 0 heterocycles. The lowest BCUT2D eigenvalue weighted by Gasteiger charge is -2.14. The fourth-order valence-corrected chi connectivity index (χ4v) is 1.35. The van der Waals surface area contributed by atoms with Crippen LogP contribution in [0.5, 0.6) is 0 Å². The molecule has 0 rings (SSSR count). The molecule has 14 heavy (non-hydrogen) atoms. The second kappa shape index (κ2) is 7.21. The number of nitrogens with zero attached hydrogens (tertiary/aromatic N) is 2. The van der Waals surface area contributed by atoms with Gasteiger partial charge in [0.05, 0.1) is 24.0 Å². The average molecular weight is 216 g/mol. The number of nitriles is 1. The van der Waals surface area contributed by atoms with Crippen LogP contribution < -0.4 is 0 Å². The summed E-state index contributed by atoms with van der Waals surface area (Å²) in [5, 5.41) is 16.6. The Bertz CT molecular complexity index is 249. The second-order valence-corrected chi connectivity index (χ2v) is 3.60. The molecule has 1 N–H and O–H groups in total. The summed E-state index contributed by atoms with van der Waals surface area (Å²) in [6, 6.07) is 1.93. The van der Waals surface area contributed by atoms with Gasteiger partial charge in [0.25, 0.3) is 0 Å². The summed E-state index contributed by atoms with van der Waals surface area (Å²) >= 11 is 1.06.